The smallest absolute Gasteiger partial charge is 0.450 e. The maximum absolute atomic E-state index is 11.4. The van der Waals surface area contributed by atoms with E-state index in [9.17, 15) is 42.5 Å². The Hall–Kier alpha value is -3.31. The molecule has 148 valence electrons. The summed E-state index contributed by atoms with van der Waals surface area (Å²) in [7, 11) is 2.09. The van der Waals surface area contributed by atoms with Crippen LogP contribution in [0.15, 0.2) is 24.3 Å². The average Bonchev–Trinajstić information content (AvgIpc) is 2.61. The van der Waals surface area contributed by atoms with Crippen molar-refractivity contribution in [2.75, 3.05) is 14.2 Å². The second-order valence-electron chi connectivity index (χ2n) is 4.65. The lowest BCUT2D eigenvalue weighted by Crippen LogP contribution is -2.25. The average molecular weight is 393 g/mol. The fraction of sp³-hybridized carbons (Fsp3) is 0.333. The molecule has 1 aromatic carbocycles. The van der Waals surface area contributed by atoms with Gasteiger partial charge in [0.1, 0.15) is 12.8 Å². The van der Waals surface area contributed by atoms with Gasteiger partial charge >= 0.3 is 18.1 Å². The van der Waals surface area contributed by atoms with Crippen LogP contribution in [0.5, 0.6) is 0 Å². The molecular formula is C15H14F3NO8. The summed E-state index contributed by atoms with van der Waals surface area (Å²) in [4.78, 5) is 52.2. The van der Waals surface area contributed by atoms with Crippen LogP contribution in [-0.4, -0.2) is 48.8 Å². The number of benzene rings is 1. The number of hydrogen-bond acceptors (Lipinski definition) is 8. The first kappa shape index (κ1) is 23.7. The second kappa shape index (κ2) is 10.6. The normalized spacial score (nSPS) is 10.1. The van der Waals surface area contributed by atoms with E-state index in [1.165, 1.54) is 31.4 Å². The van der Waals surface area contributed by atoms with Crippen molar-refractivity contribution < 1.29 is 46.7 Å². The number of non-ortho nitro benzene ring substituents is 1. The molecule has 0 aliphatic rings. The van der Waals surface area contributed by atoms with E-state index < -0.39 is 41.0 Å². The number of nitro benzene ring substituents is 1. The Balaban J connectivity index is 0.000000541. The van der Waals surface area contributed by atoms with Crippen molar-refractivity contribution in [3.05, 3.63) is 39.9 Å². The summed E-state index contributed by atoms with van der Waals surface area (Å²) in [5.41, 5.74) is 0.144. The Morgan fingerprint density at radius 1 is 0.963 bits per heavy atom. The van der Waals surface area contributed by atoms with E-state index in [-0.39, 0.29) is 17.7 Å². The third kappa shape index (κ3) is 9.09. The van der Waals surface area contributed by atoms with Crippen LogP contribution in [0.25, 0.3) is 0 Å². The molecule has 0 bridgehead atoms. The van der Waals surface area contributed by atoms with Gasteiger partial charge in [-0.15, -0.1) is 0 Å². The van der Waals surface area contributed by atoms with Gasteiger partial charge in [-0.25, -0.2) is 0 Å². The van der Waals surface area contributed by atoms with Gasteiger partial charge in [-0.3, -0.25) is 29.3 Å². The van der Waals surface area contributed by atoms with E-state index in [1.807, 2.05) is 0 Å². The molecular weight excluding hydrogens is 379 g/mol. The van der Waals surface area contributed by atoms with Crippen molar-refractivity contribution in [3.8, 4) is 0 Å². The number of nitrogens with zero attached hydrogens (tertiary/aromatic N) is 1. The van der Waals surface area contributed by atoms with Crippen molar-refractivity contribution in [2.24, 2.45) is 0 Å². The minimum Gasteiger partial charge on any atom is -0.469 e. The van der Waals surface area contributed by atoms with Crippen LogP contribution in [0.3, 0.4) is 0 Å². The molecule has 1 rings (SSSR count). The molecule has 0 saturated carbocycles. The van der Waals surface area contributed by atoms with Gasteiger partial charge < -0.3 is 9.47 Å². The first-order valence-electron chi connectivity index (χ1n) is 6.93. The third-order valence-electron chi connectivity index (χ3n) is 2.78. The van der Waals surface area contributed by atoms with Crippen LogP contribution in [0.1, 0.15) is 23.2 Å². The molecule has 27 heavy (non-hydrogen) atoms. The fourth-order valence-electron chi connectivity index (χ4n) is 1.38. The number of methoxy groups -OCH3 is 2. The van der Waals surface area contributed by atoms with Gasteiger partial charge in [0, 0.05) is 17.7 Å². The van der Waals surface area contributed by atoms with Crippen molar-refractivity contribution in [1.82, 2.24) is 0 Å². The summed E-state index contributed by atoms with van der Waals surface area (Å²) in [6.07, 6.45) is -6.57. The summed E-state index contributed by atoms with van der Waals surface area (Å²) < 4.78 is 42.4. The molecule has 0 saturated heterocycles. The van der Waals surface area contributed by atoms with Crippen LogP contribution >= 0.6 is 0 Å². The molecule has 9 nitrogen and oxygen atoms in total. The van der Waals surface area contributed by atoms with Crippen molar-refractivity contribution >= 4 is 29.2 Å². The summed E-state index contributed by atoms with van der Waals surface area (Å²) in [6.45, 7) is 0. The lowest BCUT2D eigenvalue weighted by atomic mass is 10.1. The second-order valence-corrected chi connectivity index (χ2v) is 4.65. The van der Waals surface area contributed by atoms with E-state index in [1.54, 1.807) is 0 Å². The first-order chi connectivity index (χ1) is 12.4. The number of ketones is 2. The topological polar surface area (TPSA) is 130 Å². The molecule has 0 N–H and O–H groups in total. The van der Waals surface area contributed by atoms with Crippen LogP contribution in [0.4, 0.5) is 18.9 Å². The Morgan fingerprint density at radius 3 is 1.78 bits per heavy atom. The highest BCUT2D eigenvalue weighted by molar-refractivity contribution is 6.06. The highest BCUT2D eigenvalue weighted by atomic mass is 19.4. The van der Waals surface area contributed by atoms with Crippen molar-refractivity contribution in [2.45, 2.75) is 19.0 Å². The quantitative estimate of drug-likeness (QED) is 0.236. The lowest BCUT2D eigenvalue weighted by molar-refractivity contribution is -0.384. The minimum absolute atomic E-state index is 0.102. The molecule has 0 amide bonds. The van der Waals surface area contributed by atoms with Gasteiger partial charge in [-0.1, -0.05) is 0 Å². The number of Topliss-reactive ketones (excluding diaryl/α,β-unsaturated/α-hetero) is 2. The SMILES string of the molecule is COC(=O)CC(=O)C(F)(F)F.COC(=O)CC(=O)c1ccc([N+](=O)[O-])cc1. The summed E-state index contributed by atoms with van der Waals surface area (Å²) in [6, 6.07) is 5.04. The Labute approximate surface area is 150 Å². The molecule has 0 aliphatic heterocycles. The van der Waals surface area contributed by atoms with Gasteiger partial charge in [0.15, 0.2) is 5.78 Å². The van der Waals surface area contributed by atoms with Gasteiger partial charge in [0.05, 0.1) is 19.1 Å². The third-order valence-corrected chi connectivity index (χ3v) is 2.78. The molecule has 0 spiro atoms. The fourth-order valence-corrected chi connectivity index (χ4v) is 1.38. The number of esters is 2. The Kier molecular flexibility index (Phi) is 9.33. The number of ether oxygens (including phenoxy) is 2. The molecule has 0 aliphatic carbocycles. The van der Waals surface area contributed by atoms with Gasteiger partial charge in [-0.2, -0.15) is 13.2 Å². The number of rotatable bonds is 6. The van der Waals surface area contributed by atoms with Crippen LogP contribution in [-0.2, 0) is 23.9 Å². The number of alkyl halides is 3. The summed E-state index contributed by atoms with van der Waals surface area (Å²) in [5, 5.41) is 10.4. The summed E-state index contributed by atoms with van der Waals surface area (Å²) >= 11 is 0. The van der Waals surface area contributed by atoms with Crippen molar-refractivity contribution in [1.29, 1.82) is 0 Å². The van der Waals surface area contributed by atoms with E-state index in [0.717, 1.165) is 7.11 Å². The highest BCUT2D eigenvalue weighted by Gasteiger charge is 2.39. The molecule has 0 radical (unpaired) electrons. The molecule has 0 atom stereocenters. The van der Waals surface area contributed by atoms with Crippen molar-refractivity contribution in [3.63, 3.8) is 0 Å². The predicted octanol–water partition coefficient (Wildman–Crippen LogP) is 2.02. The minimum atomic E-state index is -4.95. The lowest BCUT2D eigenvalue weighted by Gasteiger charge is -2.02. The molecule has 0 heterocycles. The first-order valence-corrected chi connectivity index (χ1v) is 6.93. The van der Waals surface area contributed by atoms with E-state index >= 15 is 0 Å². The van der Waals surface area contributed by atoms with E-state index in [0.29, 0.717) is 0 Å². The maximum Gasteiger partial charge on any atom is 0.450 e. The predicted molar refractivity (Wildman–Crippen MR) is 81.8 cm³/mol. The largest absolute Gasteiger partial charge is 0.469 e. The molecule has 0 aromatic heterocycles. The number of carbonyl (C=O) groups excluding carboxylic acids is 4. The zero-order valence-electron chi connectivity index (χ0n) is 14.1. The zero-order chi connectivity index (χ0) is 21.2. The zero-order valence-corrected chi connectivity index (χ0v) is 14.1. The Bertz CT molecular complexity index is 713. The van der Waals surface area contributed by atoms with Gasteiger partial charge in [-0.05, 0) is 12.1 Å². The molecule has 0 unspecified atom stereocenters. The van der Waals surface area contributed by atoms with Crippen LogP contribution < -0.4 is 0 Å². The monoisotopic (exact) mass is 393 g/mol. The maximum atomic E-state index is 11.4. The highest BCUT2D eigenvalue weighted by Crippen LogP contribution is 2.17. The summed E-state index contributed by atoms with van der Waals surface area (Å²) in [5.74, 6) is -4.35. The number of carbonyl (C=O) groups is 4. The van der Waals surface area contributed by atoms with E-state index in [2.05, 4.69) is 9.47 Å². The Morgan fingerprint density at radius 2 is 1.41 bits per heavy atom. The van der Waals surface area contributed by atoms with Crippen LogP contribution in [0.2, 0.25) is 0 Å². The van der Waals surface area contributed by atoms with Gasteiger partial charge in [0.25, 0.3) is 5.69 Å². The number of nitro groups is 1. The molecule has 0 fully saturated rings. The van der Waals surface area contributed by atoms with E-state index in [4.69, 9.17) is 0 Å². The standard InChI is InChI=1S/C10H9NO5.C5H5F3O3/c1-16-10(13)6-9(12)7-2-4-8(5-3-7)11(14)15;1-11-4(10)2-3(9)5(6,7)8/h2-5H,6H2,1H3;2H2,1H3. The molecule has 12 heteroatoms. The number of hydrogen-bond donors (Lipinski definition) is 0. The van der Waals surface area contributed by atoms with Gasteiger partial charge in [0.2, 0.25) is 5.78 Å². The molecule has 1 aromatic rings. The van der Waals surface area contributed by atoms with Crippen LogP contribution in [0, 0.1) is 10.1 Å². The number of halogens is 3.